The Morgan fingerprint density at radius 1 is 1.56 bits per heavy atom. The van der Waals surface area contributed by atoms with Gasteiger partial charge in [0.2, 0.25) is 0 Å². The Labute approximate surface area is 107 Å². The van der Waals surface area contributed by atoms with Crippen LogP contribution < -0.4 is 0 Å². The highest BCUT2D eigenvalue weighted by Gasteiger charge is 2.49. The molecule has 0 saturated carbocycles. The van der Waals surface area contributed by atoms with Crippen molar-refractivity contribution in [2.45, 2.75) is 50.1 Å². The highest BCUT2D eigenvalue weighted by molar-refractivity contribution is 5.79. The SMILES string of the molecule is COCC(OC)[C@H]1CC2(O)CC(=O)CCCC1O2. The minimum atomic E-state index is -1.29. The van der Waals surface area contributed by atoms with Crippen molar-refractivity contribution >= 4 is 5.78 Å². The van der Waals surface area contributed by atoms with Crippen molar-refractivity contribution in [1.82, 2.24) is 0 Å². The molecular formula is C13H22O5. The molecule has 5 heteroatoms. The summed E-state index contributed by atoms with van der Waals surface area (Å²) in [5.41, 5.74) is 0. The number of hydrogen-bond donors (Lipinski definition) is 1. The fourth-order valence-corrected chi connectivity index (χ4v) is 3.10. The number of aliphatic hydroxyl groups is 1. The summed E-state index contributed by atoms with van der Waals surface area (Å²) in [6.45, 7) is 0.477. The molecule has 0 aromatic heterocycles. The van der Waals surface area contributed by atoms with Crippen molar-refractivity contribution in [1.29, 1.82) is 0 Å². The Morgan fingerprint density at radius 3 is 3.00 bits per heavy atom. The van der Waals surface area contributed by atoms with E-state index < -0.39 is 5.79 Å². The summed E-state index contributed by atoms with van der Waals surface area (Å²) >= 11 is 0. The maximum absolute atomic E-state index is 11.6. The van der Waals surface area contributed by atoms with Gasteiger partial charge in [0, 0.05) is 33.0 Å². The molecule has 2 fully saturated rings. The summed E-state index contributed by atoms with van der Waals surface area (Å²) in [6, 6.07) is 0. The molecule has 0 amide bonds. The number of ether oxygens (including phenoxy) is 3. The third-order valence-corrected chi connectivity index (χ3v) is 3.93. The first-order chi connectivity index (χ1) is 8.58. The van der Waals surface area contributed by atoms with Crippen LogP contribution in [0.1, 0.15) is 32.1 Å². The maximum Gasteiger partial charge on any atom is 0.173 e. The fourth-order valence-electron chi connectivity index (χ4n) is 3.10. The number of rotatable bonds is 4. The van der Waals surface area contributed by atoms with Gasteiger partial charge in [0.05, 0.1) is 25.2 Å². The molecule has 5 nitrogen and oxygen atoms in total. The van der Waals surface area contributed by atoms with Crippen molar-refractivity contribution < 1.29 is 24.1 Å². The van der Waals surface area contributed by atoms with E-state index in [1.54, 1.807) is 14.2 Å². The van der Waals surface area contributed by atoms with Crippen molar-refractivity contribution in [3.8, 4) is 0 Å². The van der Waals surface area contributed by atoms with E-state index in [2.05, 4.69) is 0 Å². The summed E-state index contributed by atoms with van der Waals surface area (Å²) in [6.07, 6.45) is 2.57. The van der Waals surface area contributed by atoms with Gasteiger partial charge in [-0.1, -0.05) is 0 Å². The molecule has 3 unspecified atom stereocenters. The van der Waals surface area contributed by atoms with Crippen LogP contribution in [0.15, 0.2) is 0 Å². The minimum Gasteiger partial charge on any atom is -0.382 e. The molecule has 2 aliphatic rings. The van der Waals surface area contributed by atoms with Crippen LogP contribution in [0, 0.1) is 5.92 Å². The van der Waals surface area contributed by atoms with Gasteiger partial charge in [-0.15, -0.1) is 0 Å². The molecular weight excluding hydrogens is 236 g/mol. The highest BCUT2D eigenvalue weighted by Crippen LogP contribution is 2.42. The van der Waals surface area contributed by atoms with Gasteiger partial charge in [-0.25, -0.2) is 0 Å². The van der Waals surface area contributed by atoms with Gasteiger partial charge in [0.15, 0.2) is 5.79 Å². The second-order valence-electron chi connectivity index (χ2n) is 5.31. The van der Waals surface area contributed by atoms with Crippen LogP contribution in [0.5, 0.6) is 0 Å². The van der Waals surface area contributed by atoms with Crippen LogP contribution in [0.4, 0.5) is 0 Å². The van der Waals surface area contributed by atoms with Crippen LogP contribution in [0.2, 0.25) is 0 Å². The topological polar surface area (TPSA) is 65.0 Å². The second kappa shape index (κ2) is 5.65. The number of Topliss-reactive ketones (excluding diaryl/α,β-unsaturated/α-hetero) is 1. The summed E-state index contributed by atoms with van der Waals surface area (Å²) < 4.78 is 16.3. The first kappa shape index (κ1) is 13.9. The molecule has 18 heavy (non-hydrogen) atoms. The van der Waals surface area contributed by atoms with Gasteiger partial charge in [-0.3, -0.25) is 4.79 Å². The van der Waals surface area contributed by atoms with Crippen LogP contribution in [-0.2, 0) is 19.0 Å². The van der Waals surface area contributed by atoms with Crippen LogP contribution in [-0.4, -0.2) is 49.7 Å². The predicted octanol–water partition coefficient (Wildman–Crippen LogP) is 0.885. The van der Waals surface area contributed by atoms with E-state index in [4.69, 9.17) is 14.2 Å². The molecule has 2 heterocycles. The summed E-state index contributed by atoms with van der Waals surface area (Å²) in [4.78, 5) is 11.6. The van der Waals surface area contributed by atoms with Crippen molar-refractivity contribution in [2.75, 3.05) is 20.8 Å². The largest absolute Gasteiger partial charge is 0.382 e. The quantitative estimate of drug-likeness (QED) is 0.811. The molecule has 1 N–H and O–H groups in total. The number of hydrogen-bond acceptors (Lipinski definition) is 5. The third-order valence-electron chi connectivity index (χ3n) is 3.93. The molecule has 2 saturated heterocycles. The lowest BCUT2D eigenvalue weighted by atomic mass is 9.90. The van der Waals surface area contributed by atoms with Gasteiger partial charge < -0.3 is 19.3 Å². The van der Waals surface area contributed by atoms with Crippen LogP contribution >= 0.6 is 0 Å². The summed E-state index contributed by atoms with van der Waals surface area (Å²) in [5, 5.41) is 10.3. The Hall–Kier alpha value is -0.490. The maximum atomic E-state index is 11.6. The molecule has 2 bridgehead atoms. The van der Waals surface area contributed by atoms with E-state index in [1.165, 1.54) is 0 Å². The first-order valence-corrected chi connectivity index (χ1v) is 6.51. The lowest BCUT2D eigenvalue weighted by Crippen LogP contribution is -2.33. The number of fused-ring (bicyclic) bond motifs is 2. The number of methoxy groups -OCH3 is 2. The first-order valence-electron chi connectivity index (χ1n) is 6.51. The highest BCUT2D eigenvalue weighted by atomic mass is 16.6. The van der Waals surface area contributed by atoms with Gasteiger partial charge in [-0.2, -0.15) is 0 Å². The van der Waals surface area contributed by atoms with Crippen LogP contribution in [0.25, 0.3) is 0 Å². The molecule has 0 aromatic rings. The zero-order chi connectivity index (χ0) is 13.2. The monoisotopic (exact) mass is 258 g/mol. The molecule has 2 aliphatic heterocycles. The molecule has 0 aromatic carbocycles. The standard InChI is InChI=1S/C13H22O5/c1-16-8-12(17-2)10-7-13(15)6-9(14)4-3-5-11(10)18-13/h10-12,15H,3-8H2,1-2H3/t10-,11?,12?,13?/m0/s1. The smallest absolute Gasteiger partial charge is 0.173 e. The summed E-state index contributed by atoms with van der Waals surface area (Å²) in [5.74, 6) is -1.12. The second-order valence-corrected chi connectivity index (χ2v) is 5.31. The Balaban J connectivity index is 2.11. The van der Waals surface area contributed by atoms with Gasteiger partial charge in [-0.05, 0) is 12.8 Å². The van der Waals surface area contributed by atoms with E-state index in [0.717, 1.165) is 12.8 Å². The zero-order valence-electron chi connectivity index (χ0n) is 11.1. The molecule has 104 valence electrons. The van der Waals surface area contributed by atoms with Crippen molar-refractivity contribution in [3.05, 3.63) is 0 Å². The predicted molar refractivity (Wildman–Crippen MR) is 64.1 cm³/mol. The summed E-state index contributed by atoms with van der Waals surface area (Å²) in [7, 11) is 3.27. The average molecular weight is 258 g/mol. The van der Waals surface area contributed by atoms with Crippen molar-refractivity contribution in [3.63, 3.8) is 0 Å². The molecule has 4 atom stereocenters. The number of carbonyl (C=O) groups excluding carboxylic acids is 1. The Morgan fingerprint density at radius 2 is 2.33 bits per heavy atom. The van der Waals surface area contributed by atoms with E-state index in [9.17, 15) is 9.90 Å². The molecule has 0 spiro atoms. The van der Waals surface area contributed by atoms with Gasteiger partial charge >= 0.3 is 0 Å². The number of carbonyl (C=O) groups is 1. The lowest BCUT2D eigenvalue weighted by molar-refractivity contribution is -0.201. The van der Waals surface area contributed by atoms with E-state index >= 15 is 0 Å². The Kier molecular flexibility index (Phi) is 4.37. The lowest BCUT2D eigenvalue weighted by Gasteiger charge is -2.26. The van der Waals surface area contributed by atoms with E-state index in [0.29, 0.717) is 19.4 Å². The van der Waals surface area contributed by atoms with E-state index in [1.807, 2.05) is 0 Å². The molecule has 0 radical (unpaired) electrons. The van der Waals surface area contributed by atoms with Crippen molar-refractivity contribution in [2.24, 2.45) is 5.92 Å². The normalized spacial score (nSPS) is 38.3. The molecule has 0 aliphatic carbocycles. The Bertz CT molecular complexity index is 306. The molecule has 2 rings (SSSR count). The fraction of sp³-hybridized carbons (Fsp3) is 0.923. The average Bonchev–Trinajstić information content (AvgIpc) is 2.63. The van der Waals surface area contributed by atoms with E-state index in [-0.39, 0.29) is 30.3 Å². The zero-order valence-corrected chi connectivity index (χ0v) is 11.1. The minimum absolute atomic E-state index is 0.0387. The third kappa shape index (κ3) is 2.91. The van der Waals surface area contributed by atoms with Gasteiger partial charge in [0.25, 0.3) is 0 Å². The van der Waals surface area contributed by atoms with Gasteiger partial charge in [0.1, 0.15) is 5.78 Å². The van der Waals surface area contributed by atoms with Crippen LogP contribution in [0.3, 0.4) is 0 Å². The number of ketones is 1.